The number of nitrogens with one attached hydrogen (secondary N) is 1. The molecular formula is C14H23N3O2S. The summed E-state index contributed by atoms with van der Waals surface area (Å²) in [5.41, 5.74) is 6.86. The molecule has 2 rings (SSSR count). The van der Waals surface area contributed by atoms with E-state index in [1.54, 1.807) is 19.1 Å². The van der Waals surface area contributed by atoms with Gasteiger partial charge in [-0.05, 0) is 24.5 Å². The number of hydrogen-bond donors (Lipinski definition) is 2. The van der Waals surface area contributed by atoms with Crippen LogP contribution in [0.5, 0.6) is 0 Å². The zero-order valence-electron chi connectivity index (χ0n) is 12.0. The lowest BCUT2D eigenvalue weighted by atomic mass is 9.94. The van der Waals surface area contributed by atoms with E-state index in [9.17, 15) is 8.42 Å². The lowest BCUT2D eigenvalue weighted by Crippen LogP contribution is -2.48. The molecule has 20 heavy (non-hydrogen) atoms. The van der Waals surface area contributed by atoms with Crippen molar-refractivity contribution in [1.82, 2.24) is 4.72 Å². The SMILES string of the molecule is CCNS(=O)(=O)c1ccccc1N1CCC(C)C(N)C1. The molecule has 112 valence electrons. The second kappa shape index (κ2) is 6.11. The zero-order valence-corrected chi connectivity index (χ0v) is 12.9. The zero-order chi connectivity index (χ0) is 14.8. The normalized spacial score (nSPS) is 23.9. The molecule has 2 atom stereocenters. The molecule has 0 spiro atoms. The standard InChI is InChI=1S/C14H23N3O2S/c1-3-16-20(18,19)14-7-5-4-6-13(14)17-9-8-11(2)12(15)10-17/h4-7,11-12,16H,3,8-10,15H2,1-2H3. The van der Waals surface area contributed by atoms with Gasteiger partial charge in [-0.25, -0.2) is 13.1 Å². The summed E-state index contributed by atoms with van der Waals surface area (Å²) in [5, 5.41) is 0. The Bertz CT molecular complexity index is 559. The van der Waals surface area contributed by atoms with Crippen LogP contribution >= 0.6 is 0 Å². The van der Waals surface area contributed by atoms with Gasteiger partial charge in [0.25, 0.3) is 0 Å². The molecule has 1 aromatic rings. The number of nitrogens with zero attached hydrogens (tertiary/aromatic N) is 1. The van der Waals surface area contributed by atoms with E-state index in [1.807, 2.05) is 12.1 Å². The van der Waals surface area contributed by atoms with Gasteiger partial charge in [0.15, 0.2) is 0 Å². The summed E-state index contributed by atoms with van der Waals surface area (Å²) in [6.07, 6.45) is 0.983. The first-order chi connectivity index (χ1) is 9.45. The second-order valence-corrected chi connectivity index (χ2v) is 7.08. The Morgan fingerprint density at radius 3 is 2.75 bits per heavy atom. The fourth-order valence-corrected chi connectivity index (χ4v) is 3.80. The van der Waals surface area contributed by atoms with Crippen LogP contribution in [0.4, 0.5) is 5.69 Å². The third kappa shape index (κ3) is 3.13. The van der Waals surface area contributed by atoms with Crippen LogP contribution in [0, 0.1) is 5.92 Å². The predicted molar refractivity (Wildman–Crippen MR) is 81.3 cm³/mol. The van der Waals surface area contributed by atoms with Crippen molar-refractivity contribution in [3.63, 3.8) is 0 Å². The van der Waals surface area contributed by atoms with E-state index in [0.29, 0.717) is 23.9 Å². The average Bonchev–Trinajstić information content (AvgIpc) is 2.42. The molecule has 0 bridgehead atoms. The summed E-state index contributed by atoms with van der Waals surface area (Å²) in [7, 11) is -3.45. The second-order valence-electron chi connectivity index (χ2n) is 5.34. The Morgan fingerprint density at radius 2 is 2.10 bits per heavy atom. The topological polar surface area (TPSA) is 75.4 Å². The van der Waals surface area contributed by atoms with E-state index in [0.717, 1.165) is 18.7 Å². The van der Waals surface area contributed by atoms with Crippen molar-refractivity contribution in [1.29, 1.82) is 0 Å². The third-order valence-electron chi connectivity index (χ3n) is 3.85. The van der Waals surface area contributed by atoms with Gasteiger partial charge in [0.2, 0.25) is 10.0 Å². The Kier molecular flexibility index (Phi) is 4.67. The first-order valence-corrected chi connectivity index (χ1v) is 8.53. The lowest BCUT2D eigenvalue weighted by molar-refractivity contribution is 0.378. The minimum atomic E-state index is -3.45. The third-order valence-corrected chi connectivity index (χ3v) is 5.44. The van der Waals surface area contributed by atoms with Crippen LogP contribution in [0.25, 0.3) is 0 Å². The minimum Gasteiger partial charge on any atom is -0.369 e. The molecule has 1 aromatic carbocycles. The summed E-state index contributed by atoms with van der Waals surface area (Å²) in [6.45, 7) is 5.84. The number of sulfonamides is 1. The number of rotatable bonds is 4. The molecule has 0 radical (unpaired) electrons. The highest BCUT2D eigenvalue weighted by Crippen LogP contribution is 2.28. The molecule has 3 N–H and O–H groups in total. The molecule has 0 saturated carbocycles. The summed E-state index contributed by atoms with van der Waals surface area (Å²) < 4.78 is 27.1. The molecule has 6 heteroatoms. The van der Waals surface area contributed by atoms with Gasteiger partial charge in [0.1, 0.15) is 4.90 Å². The fraction of sp³-hybridized carbons (Fsp3) is 0.571. The van der Waals surface area contributed by atoms with Crippen LogP contribution in [-0.4, -0.2) is 34.1 Å². The van der Waals surface area contributed by atoms with Gasteiger partial charge in [-0.1, -0.05) is 26.0 Å². The van der Waals surface area contributed by atoms with Gasteiger partial charge in [-0.3, -0.25) is 0 Å². The molecular weight excluding hydrogens is 274 g/mol. The monoisotopic (exact) mass is 297 g/mol. The number of hydrogen-bond acceptors (Lipinski definition) is 4. The largest absolute Gasteiger partial charge is 0.369 e. The number of para-hydroxylation sites is 1. The molecule has 1 fully saturated rings. The van der Waals surface area contributed by atoms with E-state index in [-0.39, 0.29) is 6.04 Å². The molecule has 1 aliphatic rings. The quantitative estimate of drug-likeness (QED) is 0.874. The molecule has 1 aliphatic heterocycles. The van der Waals surface area contributed by atoms with E-state index >= 15 is 0 Å². The summed E-state index contributed by atoms with van der Waals surface area (Å²) in [6, 6.07) is 7.20. The number of nitrogens with two attached hydrogens (primary N) is 1. The number of benzene rings is 1. The fourth-order valence-electron chi connectivity index (χ4n) is 2.53. The van der Waals surface area contributed by atoms with Crippen LogP contribution in [0.15, 0.2) is 29.2 Å². The highest BCUT2D eigenvalue weighted by Gasteiger charge is 2.27. The Morgan fingerprint density at radius 1 is 1.40 bits per heavy atom. The maximum absolute atomic E-state index is 12.3. The number of anilines is 1. The Balaban J connectivity index is 2.34. The van der Waals surface area contributed by atoms with Crippen molar-refractivity contribution >= 4 is 15.7 Å². The maximum atomic E-state index is 12.3. The van der Waals surface area contributed by atoms with E-state index in [1.165, 1.54) is 0 Å². The van der Waals surface area contributed by atoms with Crippen molar-refractivity contribution in [2.75, 3.05) is 24.5 Å². The lowest BCUT2D eigenvalue weighted by Gasteiger charge is -2.37. The highest BCUT2D eigenvalue weighted by atomic mass is 32.2. The van der Waals surface area contributed by atoms with Crippen LogP contribution in [0.2, 0.25) is 0 Å². The van der Waals surface area contributed by atoms with Crippen molar-refractivity contribution in [3.8, 4) is 0 Å². The first kappa shape index (κ1) is 15.3. The molecule has 1 saturated heterocycles. The van der Waals surface area contributed by atoms with Crippen molar-refractivity contribution in [3.05, 3.63) is 24.3 Å². The molecule has 0 aromatic heterocycles. The van der Waals surface area contributed by atoms with Crippen molar-refractivity contribution in [2.45, 2.75) is 31.2 Å². The van der Waals surface area contributed by atoms with Gasteiger partial charge in [-0.15, -0.1) is 0 Å². The molecule has 0 amide bonds. The minimum absolute atomic E-state index is 0.0821. The molecule has 2 unspecified atom stereocenters. The van der Waals surface area contributed by atoms with Crippen LogP contribution in [-0.2, 0) is 10.0 Å². The van der Waals surface area contributed by atoms with E-state index < -0.39 is 10.0 Å². The maximum Gasteiger partial charge on any atom is 0.242 e. The van der Waals surface area contributed by atoms with Crippen molar-refractivity contribution < 1.29 is 8.42 Å². The molecule has 0 aliphatic carbocycles. The summed E-state index contributed by atoms with van der Waals surface area (Å²) in [5.74, 6) is 0.476. The van der Waals surface area contributed by atoms with Gasteiger partial charge >= 0.3 is 0 Å². The molecule has 5 nitrogen and oxygen atoms in total. The van der Waals surface area contributed by atoms with E-state index in [2.05, 4.69) is 16.5 Å². The van der Waals surface area contributed by atoms with Gasteiger partial charge in [-0.2, -0.15) is 0 Å². The van der Waals surface area contributed by atoms with Gasteiger partial charge in [0.05, 0.1) is 5.69 Å². The van der Waals surface area contributed by atoms with Crippen LogP contribution in [0.1, 0.15) is 20.3 Å². The highest BCUT2D eigenvalue weighted by molar-refractivity contribution is 7.89. The molecule has 1 heterocycles. The predicted octanol–water partition coefficient (Wildman–Crippen LogP) is 1.16. The van der Waals surface area contributed by atoms with Crippen LogP contribution < -0.4 is 15.4 Å². The summed E-state index contributed by atoms with van der Waals surface area (Å²) in [4.78, 5) is 2.41. The van der Waals surface area contributed by atoms with Gasteiger partial charge < -0.3 is 10.6 Å². The number of piperidine rings is 1. The summed E-state index contributed by atoms with van der Waals surface area (Å²) >= 11 is 0. The Hall–Kier alpha value is -1.11. The Labute approximate surface area is 121 Å². The van der Waals surface area contributed by atoms with E-state index in [4.69, 9.17) is 5.73 Å². The average molecular weight is 297 g/mol. The van der Waals surface area contributed by atoms with Crippen LogP contribution in [0.3, 0.4) is 0 Å². The van der Waals surface area contributed by atoms with Gasteiger partial charge in [0, 0.05) is 25.7 Å². The first-order valence-electron chi connectivity index (χ1n) is 7.05. The smallest absolute Gasteiger partial charge is 0.242 e. The van der Waals surface area contributed by atoms with Crippen molar-refractivity contribution in [2.24, 2.45) is 11.7 Å².